The van der Waals surface area contributed by atoms with Gasteiger partial charge in [0.15, 0.2) is 0 Å². The molecule has 2 heterocycles. The quantitative estimate of drug-likeness (QED) is 0.897. The molecule has 1 aliphatic heterocycles. The first-order valence-electron chi connectivity index (χ1n) is 7.82. The minimum atomic E-state index is -0.0125. The van der Waals surface area contributed by atoms with E-state index < -0.39 is 0 Å². The van der Waals surface area contributed by atoms with Crippen molar-refractivity contribution in [3.63, 3.8) is 0 Å². The van der Waals surface area contributed by atoms with Crippen molar-refractivity contribution in [1.82, 2.24) is 9.78 Å². The van der Waals surface area contributed by atoms with Gasteiger partial charge in [0.05, 0.1) is 11.9 Å². The first-order chi connectivity index (χ1) is 10.1. The van der Waals surface area contributed by atoms with Gasteiger partial charge in [-0.3, -0.25) is 4.79 Å². The molecular weight excluding hydrogens is 332 g/mol. The Bertz CT molecular complexity index is 569. The Kier molecular flexibility index (Phi) is 4.36. The second kappa shape index (κ2) is 6.08. The molecule has 2 aliphatic rings. The molecule has 0 bridgehead atoms. The molecule has 1 aliphatic carbocycles. The van der Waals surface area contributed by atoms with Crippen LogP contribution >= 0.6 is 15.9 Å². The van der Waals surface area contributed by atoms with E-state index in [-0.39, 0.29) is 5.56 Å². The molecule has 0 aromatic carbocycles. The molecule has 2 fully saturated rings. The normalized spacial score (nSPS) is 26.1. The van der Waals surface area contributed by atoms with Crippen LogP contribution in [-0.2, 0) is 6.54 Å². The van der Waals surface area contributed by atoms with E-state index in [1.54, 1.807) is 4.68 Å². The predicted octanol–water partition coefficient (Wildman–Crippen LogP) is 1.98. The molecule has 1 aromatic rings. The molecule has 5 nitrogen and oxygen atoms in total. The van der Waals surface area contributed by atoms with Crippen LogP contribution in [0.15, 0.2) is 15.5 Å². The Hall–Kier alpha value is -0.880. The fourth-order valence-electron chi connectivity index (χ4n) is 3.04. The Morgan fingerprint density at radius 2 is 2.05 bits per heavy atom. The van der Waals surface area contributed by atoms with E-state index in [1.807, 2.05) is 6.20 Å². The van der Waals surface area contributed by atoms with E-state index in [2.05, 4.69) is 32.9 Å². The molecule has 6 heteroatoms. The van der Waals surface area contributed by atoms with E-state index >= 15 is 0 Å². The van der Waals surface area contributed by atoms with Crippen LogP contribution in [0.4, 0.5) is 5.69 Å². The van der Waals surface area contributed by atoms with Crippen molar-refractivity contribution >= 4 is 21.6 Å². The van der Waals surface area contributed by atoms with Crippen LogP contribution < -0.4 is 16.2 Å². The van der Waals surface area contributed by atoms with Gasteiger partial charge in [0.2, 0.25) is 0 Å². The lowest BCUT2D eigenvalue weighted by atomic mass is 9.93. The average Bonchev–Trinajstić information content (AvgIpc) is 3.29. The summed E-state index contributed by atoms with van der Waals surface area (Å²) in [7, 11) is 0. The van der Waals surface area contributed by atoms with E-state index in [0.717, 1.165) is 31.6 Å². The highest BCUT2D eigenvalue weighted by molar-refractivity contribution is 9.10. The lowest BCUT2D eigenvalue weighted by Gasteiger charge is -2.39. The van der Waals surface area contributed by atoms with Crippen LogP contribution in [0, 0.1) is 11.8 Å². The third-order valence-electron chi connectivity index (χ3n) is 4.72. The molecule has 0 amide bonds. The Morgan fingerprint density at radius 3 is 2.71 bits per heavy atom. The smallest absolute Gasteiger partial charge is 0.283 e. The highest BCUT2D eigenvalue weighted by Crippen LogP contribution is 2.32. The molecule has 0 radical (unpaired) electrons. The summed E-state index contributed by atoms with van der Waals surface area (Å²) in [6.45, 7) is 4.56. The van der Waals surface area contributed by atoms with Crippen LogP contribution in [0.25, 0.3) is 0 Å². The number of nitrogens with zero attached hydrogens (tertiary/aromatic N) is 3. The number of rotatable bonds is 4. The number of hydrogen-bond donors (Lipinski definition) is 1. The molecule has 3 rings (SSSR count). The average molecular weight is 355 g/mol. The van der Waals surface area contributed by atoms with Crippen molar-refractivity contribution < 1.29 is 0 Å². The molecule has 116 valence electrons. The number of halogens is 1. The molecule has 2 unspecified atom stereocenters. The fraction of sp³-hybridized carbons (Fsp3) is 0.733. The zero-order valence-corrected chi connectivity index (χ0v) is 14.1. The van der Waals surface area contributed by atoms with Gasteiger partial charge in [-0.05, 0) is 66.9 Å². The maximum atomic E-state index is 12.5. The summed E-state index contributed by atoms with van der Waals surface area (Å²) in [5, 5.41) is 4.38. The van der Waals surface area contributed by atoms with E-state index in [4.69, 9.17) is 5.73 Å². The molecule has 0 spiro atoms. The van der Waals surface area contributed by atoms with E-state index in [9.17, 15) is 4.79 Å². The third kappa shape index (κ3) is 3.16. The van der Waals surface area contributed by atoms with Gasteiger partial charge in [0.25, 0.3) is 5.56 Å². The van der Waals surface area contributed by atoms with Crippen molar-refractivity contribution in [2.45, 2.75) is 45.2 Å². The summed E-state index contributed by atoms with van der Waals surface area (Å²) in [5.74, 6) is 1.14. The Morgan fingerprint density at radius 1 is 1.33 bits per heavy atom. The summed E-state index contributed by atoms with van der Waals surface area (Å²) in [6.07, 6.45) is 6.55. The molecule has 1 saturated heterocycles. The lowest BCUT2D eigenvalue weighted by molar-refractivity contribution is 0.372. The second-order valence-corrected chi connectivity index (χ2v) is 7.25. The lowest BCUT2D eigenvalue weighted by Crippen LogP contribution is -2.45. The van der Waals surface area contributed by atoms with Gasteiger partial charge in [-0.2, -0.15) is 5.10 Å². The Labute approximate surface area is 133 Å². The Balaban J connectivity index is 1.87. The molecule has 2 N–H and O–H groups in total. The van der Waals surface area contributed by atoms with Crippen molar-refractivity contribution in [3.05, 3.63) is 21.0 Å². The fourth-order valence-corrected chi connectivity index (χ4v) is 3.58. The summed E-state index contributed by atoms with van der Waals surface area (Å²) in [5.41, 5.74) is 6.72. The first kappa shape index (κ1) is 15.0. The van der Waals surface area contributed by atoms with Gasteiger partial charge in [-0.25, -0.2) is 4.68 Å². The van der Waals surface area contributed by atoms with Crippen LogP contribution in [-0.4, -0.2) is 28.9 Å². The topological polar surface area (TPSA) is 64.2 Å². The van der Waals surface area contributed by atoms with Crippen LogP contribution in [0.2, 0.25) is 0 Å². The van der Waals surface area contributed by atoms with Crippen molar-refractivity contribution in [2.24, 2.45) is 17.6 Å². The number of piperidine rings is 1. The highest BCUT2D eigenvalue weighted by Gasteiger charge is 2.28. The molecule has 1 saturated carbocycles. The van der Waals surface area contributed by atoms with Crippen molar-refractivity contribution in [2.75, 3.05) is 18.0 Å². The largest absolute Gasteiger partial charge is 0.366 e. The minimum absolute atomic E-state index is 0.0125. The van der Waals surface area contributed by atoms with Gasteiger partial charge < -0.3 is 10.6 Å². The predicted molar refractivity (Wildman–Crippen MR) is 87.5 cm³/mol. The van der Waals surface area contributed by atoms with Gasteiger partial charge in [-0.15, -0.1) is 0 Å². The number of nitrogens with two attached hydrogens (primary N) is 1. The third-order valence-corrected chi connectivity index (χ3v) is 5.46. The van der Waals surface area contributed by atoms with Gasteiger partial charge in [-0.1, -0.05) is 0 Å². The highest BCUT2D eigenvalue weighted by atomic mass is 79.9. The van der Waals surface area contributed by atoms with E-state index in [0.29, 0.717) is 28.9 Å². The number of hydrogen-bond acceptors (Lipinski definition) is 4. The number of anilines is 1. The standard InChI is InChI=1S/C15H23BrN4O/c1-10-2-3-12(6-17)8-19(10)13-7-18-20(9-11-4-5-11)15(21)14(13)16/h7,10-12H,2-6,8-9,17H2,1H3. The molecule has 1 aromatic heterocycles. The second-order valence-electron chi connectivity index (χ2n) is 6.45. The van der Waals surface area contributed by atoms with Crippen molar-refractivity contribution in [3.8, 4) is 0 Å². The van der Waals surface area contributed by atoms with Gasteiger partial charge in [0.1, 0.15) is 4.47 Å². The minimum Gasteiger partial charge on any atom is -0.366 e. The monoisotopic (exact) mass is 354 g/mol. The maximum absolute atomic E-state index is 12.5. The number of aromatic nitrogens is 2. The van der Waals surface area contributed by atoms with Gasteiger partial charge >= 0.3 is 0 Å². The summed E-state index contributed by atoms with van der Waals surface area (Å²) in [4.78, 5) is 14.7. The molecule has 21 heavy (non-hydrogen) atoms. The molecule has 2 atom stereocenters. The van der Waals surface area contributed by atoms with Gasteiger partial charge in [0, 0.05) is 19.1 Å². The summed E-state index contributed by atoms with van der Waals surface area (Å²) < 4.78 is 2.24. The summed E-state index contributed by atoms with van der Waals surface area (Å²) >= 11 is 3.50. The van der Waals surface area contributed by atoms with Crippen molar-refractivity contribution in [1.29, 1.82) is 0 Å². The van der Waals surface area contributed by atoms with Crippen LogP contribution in [0.1, 0.15) is 32.6 Å². The van der Waals surface area contributed by atoms with Crippen LogP contribution in [0.3, 0.4) is 0 Å². The molecular formula is C15H23BrN4O. The maximum Gasteiger partial charge on any atom is 0.283 e. The van der Waals surface area contributed by atoms with Crippen LogP contribution in [0.5, 0.6) is 0 Å². The summed E-state index contributed by atoms with van der Waals surface area (Å²) in [6, 6.07) is 0.421. The van der Waals surface area contributed by atoms with E-state index in [1.165, 1.54) is 12.8 Å². The zero-order valence-electron chi connectivity index (χ0n) is 12.5. The zero-order chi connectivity index (χ0) is 15.0. The SMILES string of the molecule is CC1CCC(CN)CN1c1cnn(CC2CC2)c(=O)c1Br. The first-order valence-corrected chi connectivity index (χ1v) is 8.61.